The summed E-state index contributed by atoms with van der Waals surface area (Å²) >= 11 is 0. The monoisotopic (exact) mass is 266 g/mol. The van der Waals surface area contributed by atoms with Crippen LogP contribution in [0.15, 0.2) is 0 Å². The van der Waals surface area contributed by atoms with Crippen molar-refractivity contribution in [3.05, 3.63) is 0 Å². The topological polar surface area (TPSA) is 15.3 Å². The van der Waals surface area contributed by atoms with E-state index in [0.29, 0.717) is 11.0 Å². The third-order valence-electron chi connectivity index (χ3n) is 5.44. The highest BCUT2D eigenvalue weighted by Gasteiger charge is 2.39. The zero-order chi connectivity index (χ0) is 13.8. The number of hydrogen-bond acceptors (Lipinski definition) is 2. The summed E-state index contributed by atoms with van der Waals surface area (Å²) in [6.07, 6.45) is 11.3. The molecular weight excluding hydrogens is 232 g/mol. The molecule has 0 spiro atoms. The molecule has 19 heavy (non-hydrogen) atoms. The molecule has 0 atom stereocenters. The summed E-state index contributed by atoms with van der Waals surface area (Å²) in [6.45, 7) is 12.2. The van der Waals surface area contributed by atoms with Gasteiger partial charge in [0, 0.05) is 18.6 Å². The Labute approximate surface area is 120 Å². The highest BCUT2D eigenvalue weighted by Crippen LogP contribution is 2.40. The molecule has 1 saturated heterocycles. The van der Waals surface area contributed by atoms with E-state index in [1.807, 2.05) is 0 Å². The maximum Gasteiger partial charge on any atom is 0.0153 e. The van der Waals surface area contributed by atoms with Gasteiger partial charge in [0.25, 0.3) is 0 Å². The largest absolute Gasteiger partial charge is 0.316 e. The van der Waals surface area contributed by atoms with Crippen LogP contribution in [0.3, 0.4) is 0 Å². The summed E-state index contributed by atoms with van der Waals surface area (Å²) in [4.78, 5) is 2.78. The first-order valence-electron chi connectivity index (χ1n) is 8.54. The molecule has 2 rings (SSSR count). The molecule has 0 radical (unpaired) electrons. The second-order valence-electron chi connectivity index (χ2n) is 7.57. The van der Waals surface area contributed by atoms with Crippen LogP contribution in [0.5, 0.6) is 0 Å². The van der Waals surface area contributed by atoms with Crippen molar-refractivity contribution in [2.75, 3.05) is 26.2 Å². The number of rotatable bonds is 6. The Morgan fingerprint density at radius 1 is 1.00 bits per heavy atom. The van der Waals surface area contributed by atoms with E-state index in [2.05, 4.69) is 31.0 Å². The first-order valence-corrected chi connectivity index (χ1v) is 8.54. The minimum absolute atomic E-state index is 0.440. The molecule has 0 aromatic rings. The fourth-order valence-corrected chi connectivity index (χ4v) is 4.08. The van der Waals surface area contributed by atoms with Crippen LogP contribution in [0, 0.1) is 5.41 Å². The molecular formula is C17H34N2. The van der Waals surface area contributed by atoms with Crippen molar-refractivity contribution in [1.82, 2.24) is 10.2 Å². The predicted octanol–water partition coefficient (Wildman–Crippen LogP) is 3.81. The van der Waals surface area contributed by atoms with Gasteiger partial charge in [-0.2, -0.15) is 0 Å². The minimum Gasteiger partial charge on any atom is -0.316 e. The lowest BCUT2D eigenvalue weighted by Gasteiger charge is -2.44. The van der Waals surface area contributed by atoms with Crippen LogP contribution in [-0.4, -0.2) is 36.6 Å². The lowest BCUT2D eigenvalue weighted by molar-refractivity contribution is 0.0655. The smallest absolute Gasteiger partial charge is 0.0153 e. The SMILES string of the molecule is CCCNCC1(CN2CCCC2(C)C)CCCCC1. The summed E-state index contributed by atoms with van der Waals surface area (Å²) in [7, 11) is 0. The van der Waals surface area contributed by atoms with Gasteiger partial charge in [-0.1, -0.05) is 26.2 Å². The van der Waals surface area contributed by atoms with E-state index in [1.165, 1.54) is 77.5 Å². The fraction of sp³-hybridized carbons (Fsp3) is 1.00. The molecule has 2 fully saturated rings. The molecule has 2 nitrogen and oxygen atoms in total. The van der Waals surface area contributed by atoms with Gasteiger partial charge in [0.15, 0.2) is 0 Å². The average molecular weight is 266 g/mol. The van der Waals surface area contributed by atoms with Crippen LogP contribution in [0.4, 0.5) is 0 Å². The number of hydrogen-bond donors (Lipinski definition) is 1. The molecule has 0 aromatic carbocycles. The highest BCUT2D eigenvalue weighted by atomic mass is 15.2. The van der Waals surface area contributed by atoms with Crippen molar-refractivity contribution in [2.24, 2.45) is 5.41 Å². The van der Waals surface area contributed by atoms with Gasteiger partial charge in [0.1, 0.15) is 0 Å². The third kappa shape index (κ3) is 3.95. The average Bonchev–Trinajstić information content (AvgIpc) is 2.70. The van der Waals surface area contributed by atoms with Crippen molar-refractivity contribution in [2.45, 2.75) is 77.7 Å². The maximum atomic E-state index is 3.72. The quantitative estimate of drug-likeness (QED) is 0.735. The van der Waals surface area contributed by atoms with E-state index in [0.717, 1.165) is 0 Å². The molecule has 1 saturated carbocycles. The van der Waals surface area contributed by atoms with Crippen LogP contribution in [0.2, 0.25) is 0 Å². The normalized spacial score (nSPS) is 26.7. The van der Waals surface area contributed by atoms with E-state index >= 15 is 0 Å². The molecule has 1 N–H and O–H groups in total. The Balaban J connectivity index is 1.96. The third-order valence-corrected chi connectivity index (χ3v) is 5.44. The molecule has 0 unspecified atom stereocenters. The van der Waals surface area contributed by atoms with Crippen molar-refractivity contribution in [3.8, 4) is 0 Å². The molecule has 0 aromatic heterocycles. The predicted molar refractivity (Wildman–Crippen MR) is 83.6 cm³/mol. The van der Waals surface area contributed by atoms with E-state index in [-0.39, 0.29) is 0 Å². The van der Waals surface area contributed by atoms with Crippen LogP contribution < -0.4 is 5.32 Å². The first kappa shape index (κ1) is 15.3. The lowest BCUT2D eigenvalue weighted by atomic mass is 9.73. The van der Waals surface area contributed by atoms with Gasteiger partial charge in [0.05, 0.1) is 0 Å². The summed E-state index contributed by atoms with van der Waals surface area (Å²) in [5.74, 6) is 0. The Morgan fingerprint density at radius 2 is 1.74 bits per heavy atom. The van der Waals surface area contributed by atoms with Crippen molar-refractivity contribution in [3.63, 3.8) is 0 Å². The second kappa shape index (κ2) is 6.58. The summed E-state index contributed by atoms with van der Waals surface area (Å²) in [5.41, 5.74) is 1.00. The van der Waals surface area contributed by atoms with Gasteiger partial charge >= 0.3 is 0 Å². The van der Waals surface area contributed by atoms with Crippen LogP contribution >= 0.6 is 0 Å². The molecule has 1 aliphatic heterocycles. The fourth-order valence-electron chi connectivity index (χ4n) is 4.08. The number of nitrogens with zero attached hydrogens (tertiary/aromatic N) is 1. The molecule has 112 valence electrons. The Morgan fingerprint density at radius 3 is 2.32 bits per heavy atom. The van der Waals surface area contributed by atoms with Gasteiger partial charge in [0.2, 0.25) is 0 Å². The maximum absolute atomic E-state index is 3.72. The minimum atomic E-state index is 0.440. The van der Waals surface area contributed by atoms with E-state index in [9.17, 15) is 0 Å². The molecule has 0 amide bonds. The Kier molecular flexibility index (Phi) is 5.30. The van der Waals surface area contributed by atoms with Gasteiger partial charge in [-0.3, -0.25) is 4.90 Å². The molecule has 2 heteroatoms. The number of likely N-dealkylation sites (tertiary alicyclic amines) is 1. The Bertz CT molecular complexity index is 266. The summed E-state index contributed by atoms with van der Waals surface area (Å²) < 4.78 is 0. The van der Waals surface area contributed by atoms with E-state index < -0.39 is 0 Å². The molecule has 2 aliphatic rings. The standard InChI is InChI=1S/C17H34N2/c1-4-12-18-14-17(10-6-5-7-11-17)15-19-13-8-9-16(19,2)3/h18H,4-15H2,1-3H3. The second-order valence-corrected chi connectivity index (χ2v) is 7.57. The molecule has 1 heterocycles. The summed E-state index contributed by atoms with van der Waals surface area (Å²) in [5, 5.41) is 3.72. The van der Waals surface area contributed by atoms with Gasteiger partial charge in [-0.15, -0.1) is 0 Å². The van der Waals surface area contributed by atoms with E-state index in [1.54, 1.807) is 0 Å². The van der Waals surface area contributed by atoms with Crippen molar-refractivity contribution < 1.29 is 0 Å². The number of nitrogens with one attached hydrogen (secondary N) is 1. The van der Waals surface area contributed by atoms with Crippen LogP contribution in [0.1, 0.15) is 72.1 Å². The van der Waals surface area contributed by atoms with Gasteiger partial charge < -0.3 is 5.32 Å². The van der Waals surface area contributed by atoms with Crippen molar-refractivity contribution in [1.29, 1.82) is 0 Å². The van der Waals surface area contributed by atoms with Crippen LogP contribution in [0.25, 0.3) is 0 Å². The highest BCUT2D eigenvalue weighted by molar-refractivity contribution is 4.95. The lowest BCUT2D eigenvalue weighted by Crippen LogP contribution is -2.49. The zero-order valence-electron chi connectivity index (χ0n) is 13.4. The summed E-state index contributed by atoms with van der Waals surface area (Å²) in [6, 6.07) is 0. The van der Waals surface area contributed by atoms with E-state index in [4.69, 9.17) is 0 Å². The molecule has 0 bridgehead atoms. The Hall–Kier alpha value is -0.0800. The van der Waals surface area contributed by atoms with Gasteiger partial charge in [-0.25, -0.2) is 0 Å². The zero-order valence-corrected chi connectivity index (χ0v) is 13.4. The van der Waals surface area contributed by atoms with Crippen LogP contribution in [-0.2, 0) is 0 Å². The molecule has 1 aliphatic carbocycles. The first-order chi connectivity index (χ1) is 9.08. The van der Waals surface area contributed by atoms with Crippen molar-refractivity contribution >= 4 is 0 Å². The van der Waals surface area contributed by atoms with Gasteiger partial charge in [-0.05, 0) is 64.5 Å².